The maximum atomic E-state index is 11.9. The second kappa shape index (κ2) is 7.49. The quantitative estimate of drug-likeness (QED) is 0.365. The molecule has 0 saturated carbocycles. The van der Waals surface area contributed by atoms with E-state index in [1.54, 1.807) is 48.5 Å². The third kappa shape index (κ3) is 5.22. The molecule has 2 aromatic carbocycles. The number of nitrogens with one attached hydrogen (secondary N) is 2. The minimum absolute atomic E-state index is 0.0300. The zero-order valence-electron chi connectivity index (χ0n) is 12.7. The molecular formula is C15H18N8O. The van der Waals surface area contributed by atoms with Gasteiger partial charge in [-0.25, -0.2) is 14.8 Å². The third-order valence-electron chi connectivity index (χ3n) is 2.77. The van der Waals surface area contributed by atoms with E-state index < -0.39 is 0 Å². The zero-order chi connectivity index (χ0) is 17.5. The van der Waals surface area contributed by atoms with Crippen LogP contribution in [0.15, 0.2) is 58.5 Å². The van der Waals surface area contributed by atoms with Gasteiger partial charge in [0.25, 0.3) is 0 Å². The standard InChI is InChI=1S/C15H18N8O/c16-13(17)20-9-1-5-11(6-2-9)22-15(24)23-12-7-3-10(4-8-12)21-14(18)19/h1-8H,(H4,16,17,20)(H4,18,19,21)(H2,22,23,24). The summed E-state index contributed by atoms with van der Waals surface area (Å²) in [4.78, 5) is 19.7. The van der Waals surface area contributed by atoms with Crippen LogP contribution in [-0.4, -0.2) is 18.0 Å². The number of rotatable bonds is 4. The lowest BCUT2D eigenvalue weighted by Crippen LogP contribution is -2.22. The number of nitrogens with two attached hydrogens (primary N) is 4. The minimum Gasteiger partial charge on any atom is -0.370 e. The van der Waals surface area contributed by atoms with E-state index >= 15 is 0 Å². The fourth-order valence-electron chi connectivity index (χ4n) is 1.83. The van der Waals surface area contributed by atoms with Gasteiger partial charge in [0.1, 0.15) is 0 Å². The molecule has 9 nitrogen and oxygen atoms in total. The summed E-state index contributed by atoms with van der Waals surface area (Å²) in [5.74, 6) is -0.0600. The van der Waals surface area contributed by atoms with E-state index in [9.17, 15) is 4.79 Å². The van der Waals surface area contributed by atoms with Crippen LogP contribution >= 0.6 is 0 Å². The van der Waals surface area contributed by atoms with Gasteiger partial charge in [-0.15, -0.1) is 0 Å². The maximum Gasteiger partial charge on any atom is 0.323 e. The van der Waals surface area contributed by atoms with Crippen LogP contribution in [0.4, 0.5) is 27.5 Å². The highest BCUT2D eigenvalue weighted by molar-refractivity contribution is 5.99. The smallest absolute Gasteiger partial charge is 0.323 e. The van der Waals surface area contributed by atoms with Crippen molar-refractivity contribution in [3.8, 4) is 0 Å². The fraction of sp³-hybridized carbons (Fsp3) is 0. The zero-order valence-corrected chi connectivity index (χ0v) is 12.7. The predicted octanol–water partition coefficient (Wildman–Crippen LogP) is 1.14. The van der Waals surface area contributed by atoms with E-state index in [1.807, 2.05) is 0 Å². The Hall–Kier alpha value is -3.75. The normalized spacial score (nSPS) is 9.67. The molecule has 2 amide bonds. The van der Waals surface area contributed by atoms with Crippen molar-refractivity contribution in [1.29, 1.82) is 0 Å². The van der Waals surface area contributed by atoms with E-state index in [0.29, 0.717) is 22.7 Å². The van der Waals surface area contributed by atoms with Gasteiger partial charge in [-0.1, -0.05) is 0 Å². The first kappa shape index (κ1) is 16.6. The van der Waals surface area contributed by atoms with Crippen molar-refractivity contribution in [2.24, 2.45) is 32.9 Å². The molecule has 0 aliphatic heterocycles. The average Bonchev–Trinajstić information content (AvgIpc) is 2.50. The fourth-order valence-corrected chi connectivity index (χ4v) is 1.83. The van der Waals surface area contributed by atoms with Gasteiger partial charge in [0.2, 0.25) is 0 Å². The lowest BCUT2D eigenvalue weighted by molar-refractivity contribution is 0.262. The van der Waals surface area contributed by atoms with Gasteiger partial charge in [0, 0.05) is 11.4 Å². The Balaban J connectivity index is 1.95. The highest BCUT2D eigenvalue weighted by Gasteiger charge is 2.03. The number of urea groups is 1. The van der Waals surface area contributed by atoms with E-state index in [4.69, 9.17) is 22.9 Å². The van der Waals surface area contributed by atoms with Crippen molar-refractivity contribution in [1.82, 2.24) is 0 Å². The van der Waals surface area contributed by atoms with Crippen LogP contribution in [0.3, 0.4) is 0 Å². The first-order chi connectivity index (χ1) is 11.4. The van der Waals surface area contributed by atoms with Gasteiger partial charge in [-0.2, -0.15) is 0 Å². The Morgan fingerprint density at radius 3 is 1.29 bits per heavy atom. The van der Waals surface area contributed by atoms with Gasteiger partial charge < -0.3 is 33.6 Å². The highest BCUT2D eigenvalue weighted by Crippen LogP contribution is 2.18. The number of guanidine groups is 2. The van der Waals surface area contributed by atoms with E-state index in [2.05, 4.69) is 20.6 Å². The molecule has 2 rings (SSSR count). The summed E-state index contributed by atoms with van der Waals surface area (Å²) in [6.45, 7) is 0. The van der Waals surface area contributed by atoms with Crippen molar-refractivity contribution in [3.05, 3.63) is 48.5 Å². The van der Waals surface area contributed by atoms with Crippen LogP contribution in [0.25, 0.3) is 0 Å². The van der Waals surface area contributed by atoms with Crippen LogP contribution in [0.1, 0.15) is 0 Å². The Kier molecular flexibility index (Phi) is 5.19. The number of carbonyl (C=O) groups is 1. The molecule has 0 spiro atoms. The molecule has 124 valence electrons. The van der Waals surface area contributed by atoms with Crippen LogP contribution in [0, 0.1) is 0 Å². The number of anilines is 2. The largest absolute Gasteiger partial charge is 0.370 e. The van der Waals surface area contributed by atoms with Gasteiger partial charge in [-0.3, -0.25) is 0 Å². The molecule has 0 unspecified atom stereocenters. The molecule has 0 aliphatic carbocycles. The summed E-state index contributed by atoms with van der Waals surface area (Å²) in [7, 11) is 0. The SMILES string of the molecule is NC(N)=Nc1ccc(NC(=O)Nc2ccc(N=C(N)N)cc2)cc1. The van der Waals surface area contributed by atoms with Gasteiger partial charge >= 0.3 is 6.03 Å². The molecule has 0 heterocycles. The number of amides is 2. The molecule has 0 fully saturated rings. The van der Waals surface area contributed by atoms with Crippen molar-refractivity contribution in [3.63, 3.8) is 0 Å². The second-order valence-corrected chi connectivity index (χ2v) is 4.75. The minimum atomic E-state index is -0.390. The molecule has 0 atom stereocenters. The monoisotopic (exact) mass is 326 g/mol. The topological polar surface area (TPSA) is 170 Å². The molecule has 0 saturated heterocycles. The van der Waals surface area contributed by atoms with Gasteiger partial charge in [0.15, 0.2) is 11.9 Å². The lowest BCUT2D eigenvalue weighted by atomic mass is 10.3. The molecular weight excluding hydrogens is 308 g/mol. The molecule has 2 aromatic rings. The first-order valence-corrected chi connectivity index (χ1v) is 6.90. The van der Waals surface area contributed by atoms with Crippen LogP contribution < -0.4 is 33.6 Å². The highest BCUT2D eigenvalue weighted by atomic mass is 16.2. The lowest BCUT2D eigenvalue weighted by Gasteiger charge is -2.08. The molecule has 9 heteroatoms. The van der Waals surface area contributed by atoms with E-state index in [1.165, 1.54) is 0 Å². The summed E-state index contributed by atoms with van der Waals surface area (Å²) >= 11 is 0. The summed E-state index contributed by atoms with van der Waals surface area (Å²) in [6, 6.07) is 13.1. The van der Waals surface area contributed by atoms with Gasteiger partial charge in [0.05, 0.1) is 11.4 Å². The van der Waals surface area contributed by atoms with Crippen LogP contribution in [0.2, 0.25) is 0 Å². The molecule has 24 heavy (non-hydrogen) atoms. The molecule has 0 aliphatic rings. The van der Waals surface area contributed by atoms with Crippen molar-refractivity contribution in [2.75, 3.05) is 10.6 Å². The maximum absolute atomic E-state index is 11.9. The van der Waals surface area contributed by atoms with Gasteiger partial charge in [-0.05, 0) is 48.5 Å². The summed E-state index contributed by atoms with van der Waals surface area (Å²) < 4.78 is 0. The van der Waals surface area contributed by atoms with Crippen molar-refractivity contribution < 1.29 is 4.79 Å². The van der Waals surface area contributed by atoms with E-state index in [-0.39, 0.29) is 18.0 Å². The van der Waals surface area contributed by atoms with Crippen molar-refractivity contribution in [2.45, 2.75) is 0 Å². The van der Waals surface area contributed by atoms with Crippen LogP contribution in [-0.2, 0) is 0 Å². The molecule has 0 aromatic heterocycles. The Bertz CT molecular complexity index is 692. The number of nitrogens with zero attached hydrogens (tertiary/aromatic N) is 2. The van der Waals surface area contributed by atoms with Crippen LogP contribution in [0.5, 0.6) is 0 Å². The summed E-state index contributed by atoms with van der Waals surface area (Å²) in [5, 5.41) is 5.38. The number of hydrogen-bond acceptors (Lipinski definition) is 3. The Morgan fingerprint density at radius 1 is 0.667 bits per heavy atom. The Labute approximate surface area is 138 Å². The molecule has 0 radical (unpaired) electrons. The first-order valence-electron chi connectivity index (χ1n) is 6.90. The number of hydrogen-bond donors (Lipinski definition) is 6. The summed E-state index contributed by atoms with van der Waals surface area (Å²) in [5.41, 5.74) is 23.6. The number of carbonyl (C=O) groups excluding carboxylic acids is 1. The number of benzene rings is 2. The second-order valence-electron chi connectivity index (χ2n) is 4.75. The average molecular weight is 326 g/mol. The third-order valence-corrected chi connectivity index (χ3v) is 2.77. The molecule has 10 N–H and O–H groups in total. The van der Waals surface area contributed by atoms with E-state index in [0.717, 1.165) is 0 Å². The summed E-state index contributed by atoms with van der Waals surface area (Å²) in [6.07, 6.45) is 0. The molecule has 0 bridgehead atoms. The number of aliphatic imine (C=N–C) groups is 2. The van der Waals surface area contributed by atoms with Crippen molar-refractivity contribution >= 4 is 40.7 Å². The Morgan fingerprint density at radius 2 is 1.00 bits per heavy atom. The predicted molar refractivity (Wildman–Crippen MR) is 96.5 cm³/mol.